The molecule has 0 saturated carbocycles. The van der Waals surface area contributed by atoms with Crippen LogP contribution in [0.25, 0.3) is 0 Å². The number of rotatable bonds is 3. The Hall–Kier alpha value is -1.93. The third-order valence-corrected chi connectivity index (χ3v) is 5.62. The minimum atomic E-state index is -3.58. The number of aromatic nitrogens is 3. The van der Waals surface area contributed by atoms with E-state index in [0.29, 0.717) is 31.0 Å². The third-order valence-electron chi connectivity index (χ3n) is 3.69. The van der Waals surface area contributed by atoms with Gasteiger partial charge in [0.15, 0.2) is 0 Å². The topological polar surface area (TPSA) is 94.1 Å². The number of aryl methyl sites for hydroxylation is 1. The summed E-state index contributed by atoms with van der Waals surface area (Å²) in [7, 11) is -3.58. The Labute approximate surface area is 123 Å². The van der Waals surface area contributed by atoms with Crippen LogP contribution in [0.3, 0.4) is 0 Å². The molecule has 0 spiro atoms. The van der Waals surface area contributed by atoms with Gasteiger partial charge in [-0.1, -0.05) is 13.0 Å². The quantitative estimate of drug-likeness (QED) is 0.839. The third kappa shape index (κ3) is 2.40. The van der Waals surface area contributed by atoms with E-state index in [9.17, 15) is 8.42 Å². The molecule has 0 aliphatic carbocycles. The molecule has 0 atom stereocenters. The summed E-state index contributed by atoms with van der Waals surface area (Å²) in [6, 6.07) is 5.03. The van der Waals surface area contributed by atoms with Crippen LogP contribution in [0, 0.1) is 0 Å². The first kappa shape index (κ1) is 14.0. The molecule has 2 aromatic rings. The maximum Gasteiger partial charge on any atom is 0.243 e. The van der Waals surface area contributed by atoms with Crippen LogP contribution in [0.2, 0.25) is 0 Å². The highest BCUT2D eigenvalue weighted by Gasteiger charge is 2.30. The van der Waals surface area contributed by atoms with E-state index < -0.39 is 10.0 Å². The van der Waals surface area contributed by atoms with Gasteiger partial charge in [-0.3, -0.25) is 0 Å². The second kappa shape index (κ2) is 5.12. The number of hydrogen-bond donors (Lipinski definition) is 1. The summed E-state index contributed by atoms with van der Waals surface area (Å²) < 4.78 is 29.0. The number of anilines is 1. The highest BCUT2D eigenvalue weighted by Crippen LogP contribution is 2.25. The smallest absolute Gasteiger partial charge is 0.243 e. The van der Waals surface area contributed by atoms with E-state index in [1.54, 1.807) is 18.5 Å². The Bertz CT molecular complexity index is 769. The fourth-order valence-electron chi connectivity index (χ4n) is 2.49. The lowest BCUT2D eigenvalue weighted by atomic mass is 10.1. The first-order chi connectivity index (χ1) is 10.0. The van der Waals surface area contributed by atoms with Crippen molar-refractivity contribution in [2.24, 2.45) is 0 Å². The highest BCUT2D eigenvalue weighted by atomic mass is 32.2. The SMILES string of the molecule is CCc1ccc(N)cc1S(=O)(=O)N1CCn2cnnc2C1. The monoisotopic (exact) mass is 307 g/mol. The zero-order valence-electron chi connectivity index (χ0n) is 11.7. The number of nitrogens with two attached hydrogens (primary N) is 1. The first-order valence-corrected chi connectivity index (χ1v) is 8.21. The van der Waals surface area contributed by atoms with Gasteiger partial charge in [0.2, 0.25) is 10.0 Å². The molecule has 0 fully saturated rings. The van der Waals surface area contributed by atoms with Crippen LogP contribution in [0.5, 0.6) is 0 Å². The van der Waals surface area contributed by atoms with Crippen molar-refractivity contribution in [3.8, 4) is 0 Å². The lowest BCUT2D eigenvalue weighted by molar-refractivity contribution is 0.335. The molecule has 2 heterocycles. The van der Waals surface area contributed by atoms with E-state index in [1.165, 1.54) is 10.4 Å². The Morgan fingerprint density at radius 2 is 2.14 bits per heavy atom. The number of nitrogens with zero attached hydrogens (tertiary/aromatic N) is 4. The van der Waals surface area contributed by atoms with Crippen LogP contribution in [-0.4, -0.2) is 34.0 Å². The summed E-state index contributed by atoms with van der Waals surface area (Å²) in [5.41, 5.74) is 6.98. The molecule has 0 unspecified atom stereocenters. The van der Waals surface area contributed by atoms with Crippen molar-refractivity contribution < 1.29 is 8.42 Å². The summed E-state index contributed by atoms with van der Waals surface area (Å²) in [6.07, 6.45) is 2.26. The molecule has 0 radical (unpaired) electrons. The maximum absolute atomic E-state index is 12.9. The van der Waals surface area contributed by atoms with Gasteiger partial charge < -0.3 is 10.3 Å². The standard InChI is InChI=1S/C13H17N5O2S/c1-2-10-3-4-11(14)7-12(10)21(19,20)18-6-5-17-9-15-16-13(17)8-18/h3-4,7,9H,2,5-6,8,14H2,1H3. The van der Waals surface area contributed by atoms with Crippen molar-refractivity contribution in [3.63, 3.8) is 0 Å². The van der Waals surface area contributed by atoms with Gasteiger partial charge in [-0.2, -0.15) is 4.31 Å². The normalized spacial score (nSPS) is 15.9. The van der Waals surface area contributed by atoms with Crippen LogP contribution >= 0.6 is 0 Å². The number of nitrogen functional groups attached to an aromatic ring is 1. The molecule has 8 heteroatoms. The van der Waals surface area contributed by atoms with Crippen molar-refractivity contribution in [1.29, 1.82) is 0 Å². The highest BCUT2D eigenvalue weighted by molar-refractivity contribution is 7.89. The largest absolute Gasteiger partial charge is 0.399 e. The van der Waals surface area contributed by atoms with Gasteiger partial charge in [0.05, 0.1) is 11.4 Å². The average Bonchev–Trinajstić information content (AvgIpc) is 2.94. The van der Waals surface area contributed by atoms with Crippen LogP contribution < -0.4 is 5.73 Å². The second-order valence-electron chi connectivity index (χ2n) is 5.00. The predicted molar refractivity (Wildman–Crippen MR) is 77.9 cm³/mol. The lowest BCUT2D eigenvalue weighted by Gasteiger charge is -2.27. The summed E-state index contributed by atoms with van der Waals surface area (Å²) >= 11 is 0. The second-order valence-corrected chi connectivity index (χ2v) is 6.91. The van der Waals surface area contributed by atoms with Gasteiger partial charge >= 0.3 is 0 Å². The molecular formula is C13H17N5O2S. The van der Waals surface area contributed by atoms with E-state index in [4.69, 9.17) is 5.73 Å². The van der Waals surface area contributed by atoms with Crippen LogP contribution in [0.1, 0.15) is 18.3 Å². The molecule has 1 aromatic carbocycles. The minimum Gasteiger partial charge on any atom is -0.399 e. The average molecular weight is 307 g/mol. The summed E-state index contributed by atoms with van der Waals surface area (Å²) in [4.78, 5) is 0.290. The van der Waals surface area contributed by atoms with E-state index in [2.05, 4.69) is 10.2 Å². The number of fused-ring (bicyclic) bond motifs is 1. The van der Waals surface area contributed by atoms with Gasteiger partial charge in [0.25, 0.3) is 0 Å². The van der Waals surface area contributed by atoms with Crippen molar-refractivity contribution >= 4 is 15.7 Å². The molecule has 1 aromatic heterocycles. The zero-order valence-corrected chi connectivity index (χ0v) is 12.5. The Balaban J connectivity index is 2.00. The van der Waals surface area contributed by atoms with Crippen molar-refractivity contribution in [2.45, 2.75) is 31.3 Å². The van der Waals surface area contributed by atoms with E-state index >= 15 is 0 Å². The van der Waals surface area contributed by atoms with Gasteiger partial charge in [0, 0.05) is 18.8 Å². The van der Waals surface area contributed by atoms with Crippen LogP contribution in [0.4, 0.5) is 5.69 Å². The molecule has 112 valence electrons. The Morgan fingerprint density at radius 1 is 1.33 bits per heavy atom. The fourth-order valence-corrected chi connectivity index (χ4v) is 4.21. The zero-order chi connectivity index (χ0) is 15.0. The summed E-state index contributed by atoms with van der Waals surface area (Å²) in [5, 5.41) is 7.77. The molecule has 7 nitrogen and oxygen atoms in total. The van der Waals surface area contributed by atoms with Crippen LogP contribution in [0.15, 0.2) is 29.4 Å². The van der Waals surface area contributed by atoms with E-state index in [1.807, 2.05) is 11.5 Å². The van der Waals surface area contributed by atoms with Crippen LogP contribution in [-0.2, 0) is 29.5 Å². The molecule has 21 heavy (non-hydrogen) atoms. The molecule has 1 aliphatic rings. The lowest BCUT2D eigenvalue weighted by Crippen LogP contribution is -2.38. The Kier molecular flexibility index (Phi) is 3.42. The molecule has 3 rings (SSSR count). The maximum atomic E-state index is 12.9. The molecule has 2 N–H and O–H groups in total. The van der Waals surface area contributed by atoms with Gasteiger partial charge in [-0.05, 0) is 24.1 Å². The molecule has 0 saturated heterocycles. The van der Waals surface area contributed by atoms with Gasteiger partial charge in [-0.15, -0.1) is 10.2 Å². The van der Waals surface area contributed by atoms with E-state index in [-0.39, 0.29) is 11.4 Å². The van der Waals surface area contributed by atoms with Crippen molar-refractivity contribution in [1.82, 2.24) is 19.1 Å². The number of benzene rings is 1. The molecule has 1 aliphatic heterocycles. The summed E-state index contributed by atoms with van der Waals surface area (Å²) in [6.45, 7) is 3.13. The van der Waals surface area contributed by atoms with Gasteiger partial charge in [-0.25, -0.2) is 8.42 Å². The molecule has 0 bridgehead atoms. The predicted octanol–water partition coefficient (Wildman–Crippen LogP) is 0.627. The van der Waals surface area contributed by atoms with E-state index in [0.717, 1.165) is 5.56 Å². The minimum absolute atomic E-state index is 0.236. The molecule has 0 amide bonds. The Morgan fingerprint density at radius 3 is 2.90 bits per heavy atom. The first-order valence-electron chi connectivity index (χ1n) is 6.77. The molecular weight excluding hydrogens is 290 g/mol. The van der Waals surface area contributed by atoms with Crippen molar-refractivity contribution in [3.05, 3.63) is 35.9 Å². The number of sulfonamides is 1. The van der Waals surface area contributed by atoms with Crippen molar-refractivity contribution in [2.75, 3.05) is 12.3 Å². The van der Waals surface area contributed by atoms with Gasteiger partial charge in [0.1, 0.15) is 12.2 Å². The summed E-state index contributed by atoms with van der Waals surface area (Å²) in [5.74, 6) is 0.659. The number of hydrogen-bond acceptors (Lipinski definition) is 5. The fraction of sp³-hybridized carbons (Fsp3) is 0.385.